The number of aromatic nitrogens is 3. The van der Waals surface area contributed by atoms with Crippen LogP contribution in [0.2, 0.25) is 0 Å². The molecule has 0 aromatic carbocycles. The van der Waals surface area contributed by atoms with E-state index in [9.17, 15) is 0 Å². The Hall–Kier alpha value is -1.43. The first kappa shape index (κ1) is 9.77. The van der Waals surface area contributed by atoms with Crippen LogP contribution in [0.5, 0.6) is 5.88 Å². The van der Waals surface area contributed by atoms with Gasteiger partial charge in [-0.25, -0.2) is 4.98 Å². The number of ether oxygens (including phenoxy) is 1. The summed E-state index contributed by atoms with van der Waals surface area (Å²) >= 11 is 3.10. The van der Waals surface area contributed by atoms with E-state index in [4.69, 9.17) is 9.15 Å². The first-order chi connectivity index (χ1) is 7.81. The van der Waals surface area contributed by atoms with Crippen molar-refractivity contribution in [3.05, 3.63) is 23.1 Å². The van der Waals surface area contributed by atoms with Crippen LogP contribution in [0, 0.1) is 0 Å². The lowest BCUT2D eigenvalue weighted by Gasteiger charge is -2.02. The van der Waals surface area contributed by atoms with E-state index in [1.807, 2.05) is 12.1 Å². The highest BCUT2D eigenvalue weighted by Gasteiger charge is 2.23. The Bertz CT molecular complexity index is 493. The van der Waals surface area contributed by atoms with E-state index < -0.39 is 0 Å². The zero-order chi connectivity index (χ0) is 11.0. The maximum Gasteiger partial charge on any atom is 0.285 e. The fraction of sp³-hybridized carbons (Fsp3) is 0.300. The summed E-state index contributed by atoms with van der Waals surface area (Å²) in [6.07, 6.45) is 4.27. The summed E-state index contributed by atoms with van der Waals surface area (Å²) in [5, 5.41) is 7.56. The van der Waals surface area contributed by atoms with Gasteiger partial charge in [-0.3, -0.25) is 0 Å². The molecule has 0 unspecified atom stereocenters. The van der Waals surface area contributed by atoms with E-state index in [1.54, 1.807) is 6.20 Å². The lowest BCUT2D eigenvalue weighted by Crippen LogP contribution is -1.97. The van der Waals surface area contributed by atoms with Gasteiger partial charge in [-0.15, -0.1) is 10.2 Å². The van der Waals surface area contributed by atoms with Crippen LogP contribution in [-0.2, 0) is 0 Å². The van der Waals surface area contributed by atoms with Crippen LogP contribution in [0.1, 0.15) is 12.8 Å². The average molecular weight is 282 g/mol. The number of nitrogens with zero attached hydrogens (tertiary/aromatic N) is 3. The van der Waals surface area contributed by atoms with Gasteiger partial charge >= 0.3 is 0 Å². The SMILES string of the molecule is Brc1nnc(-c2ccc(OC3CC3)nc2)o1. The van der Waals surface area contributed by atoms with Crippen molar-refractivity contribution in [3.63, 3.8) is 0 Å². The Kier molecular flexibility index (Phi) is 2.36. The van der Waals surface area contributed by atoms with Crippen molar-refractivity contribution >= 4 is 15.9 Å². The quantitative estimate of drug-likeness (QED) is 0.865. The van der Waals surface area contributed by atoms with E-state index in [0.29, 0.717) is 22.7 Å². The van der Waals surface area contributed by atoms with Crippen LogP contribution in [0.25, 0.3) is 11.5 Å². The van der Waals surface area contributed by atoms with Gasteiger partial charge in [0.25, 0.3) is 4.80 Å². The highest BCUT2D eigenvalue weighted by atomic mass is 79.9. The third kappa shape index (κ3) is 2.06. The molecule has 2 heterocycles. The van der Waals surface area contributed by atoms with Crippen molar-refractivity contribution in [3.8, 4) is 17.3 Å². The lowest BCUT2D eigenvalue weighted by molar-refractivity contribution is 0.291. The van der Waals surface area contributed by atoms with Crippen LogP contribution in [0.3, 0.4) is 0 Å². The second-order valence-corrected chi connectivity index (χ2v) is 4.24. The molecule has 0 N–H and O–H groups in total. The molecule has 1 aliphatic rings. The van der Waals surface area contributed by atoms with Crippen molar-refractivity contribution in [2.45, 2.75) is 18.9 Å². The third-order valence-electron chi connectivity index (χ3n) is 2.20. The molecule has 1 fully saturated rings. The molecule has 82 valence electrons. The Morgan fingerprint density at radius 1 is 1.31 bits per heavy atom. The molecule has 2 aromatic rings. The van der Waals surface area contributed by atoms with Crippen LogP contribution in [0.15, 0.2) is 27.5 Å². The fourth-order valence-corrected chi connectivity index (χ4v) is 1.49. The molecule has 0 radical (unpaired) electrons. The van der Waals surface area contributed by atoms with Gasteiger partial charge in [-0.1, -0.05) is 0 Å². The molecule has 0 atom stereocenters. The number of rotatable bonds is 3. The minimum Gasteiger partial charge on any atom is -0.474 e. The highest BCUT2D eigenvalue weighted by molar-refractivity contribution is 9.10. The summed E-state index contributed by atoms with van der Waals surface area (Å²) in [5.41, 5.74) is 0.779. The van der Waals surface area contributed by atoms with Gasteiger partial charge < -0.3 is 9.15 Å². The predicted molar refractivity (Wildman–Crippen MR) is 58.9 cm³/mol. The van der Waals surface area contributed by atoms with Gasteiger partial charge in [0.2, 0.25) is 11.8 Å². The molecular formula is C10H8BrN3O2. The van der Waals surface area contributed by atoms with E-state index >= 15 is 0 Å². The Balaban J connectivity index is 1.80. The molecule has 0 aliphatic heterocycles. The summed E-state index contributed by atoms with van der Waals surface area (Å²) in [4.78, 5) is 4.54. The summed E-state index contributed by atoms with van der Waals surface area (Å²) in [6.45, 7) is 0. The third-order valence-corrected chi connectivity index (χ3v) is 2.52. The van der Waals surface area contributed by atoms with E-state index in [-0.39, 0.29) is 0 Å². The fourth-order valence-electron chi connectivity index (χ4n) is 1.26. The molecule has 0 spiro atoms. The summed E-state index contributed by atoms with van der Waals surface area (Å²) in [6, 6.07) is 3.66. The van der Waals surface area contributed by atoms with Crippen molar-refractivity contribution in [1.29, 1.82) is 0 Å². The number of hydrogen-bond donors (Lipinski definition) is 0. The number of hydrogen-bond acceptors (Lipinski definition) is 5. The maximum absolute atomic E-state index is 5.53. The van der Waals surface area contributed by atoms with Gasteiger partial charge in [-0.2, -0.15) is 0 Å². The molecule has 1 saturated carbocycles. The van der Waals surface area contributed by atoms with Crippen LogP contribution in [0.4, 0.5) is 0 Å². The molecule has 1 aliphatic carbocycles. The van der Waals surface area contributed by atoms with Crippen LogP contribution >= 0.6 is 15.9 Å². The highest BCUT2D eigenvalue weighted by Crippen LogP contribution is 2.26. The van der Waals surface area contributed by atoms with Gasteiger partial charge in [-0.05, 0) is 18.9 Å². The Morgan fingerprint density at radius 3 is 2.75 bits per heavy atom. The zero-order valence-electron chi connectivity index (χ0n) is 8.26. The first-order valence-electron chi connectivity index (χ1n) is 4.93. The second-order valence-electron chi connectivity index (χ2n) is 3.56. The van der Waals surface area contributed by atoms with Gasteiger partial charge in [0.05, 0.1) is 5.56 Å². The lowest BCUT2D eigenvalue weighted by atomic mass is 10.3. The molecule has 2 aromatic heterocycles. The minimum absolute atomic E-state index is 0.357. The molecule has 0 amide bonds. The topological polar surface area (TPSA) is 61.0 Å². The standard InChI is InChI=1S/C10H8BrN3O2/c11-10-14-13-9(16-10)6-1-4-8(12-5-6)15-7-2-3-7/h1,4-5,7H,2-3H2. The zero-order valence-corrected chi connectivity index (χ0v) is 9.85. The van der Waals surface area contributed by atoms with Crippen molar-refractivity contribution < 1.29 is 9.15 Å². The van der Waals surface area contributed by atoms with E-state index in [0.717, 1.165) is 18.4 Å². The van der Waals surface area contributed by atoms with Crippen LogP contribution < -0.4 is 4.74 Å². The molecule has 16 heavy (non-hydrogen) atoms. The first-order valence-corrected chi connectivity index (χ1v) is 5.72. The minimum atomic E-state index is 0.357. The maximum atomic E-state index is 5.53. The molecule has 6 heteroatoms. The second kappa shape index (κ2) is 3.86. The van der Waals surface area contributed by atoms with Crippen LogP contribution in [-0.4, -0.2) is 21.3 Å². The van der Waals surface area contributed by atoms with Gasteiger partial charge in [0.1, 0.15) is 6.10 Å². The Labute approximate surface area is 100.0 Å². The predicted octanol–water partition coefficient (Wildman–Crippen LogP) is 2.44. The monoisotopic (exact) mass is 281 g/mol. The van der Waals surface area contributed by atoms with E-state index in [2.05, 4.69) is 31.1 Å². The Morgan fingerprint density at radius 2 is 2.19 bits per heavy atom. The smallest absolute Gasteiger partial charge is 0.285 e. The normalized spacial score (nSPS) is 15.1. The number of pyridine rings is 1. The summed E-state index contributed by atoms with van der Waals surface area (Å²) in [7, 11) is 0. The van der Waals surface area contributed by atoms with Gasteiger partial charge in [0, 0.05) is 28.2 Å². The van der Waals surface area contributed by atoms with Gasteiger partial charge in [0.15, 0.2) is 0 Å². The molecule has 5 nitrogen and oxygen atoms in total. The average Bonchev–Trinajstić information content (AvgIpc) is 3.00. The van der Waals surface area contributed by atoms with Crippen molar-refractivity contribution in [2.24, 2.45) is 0 Å². The number of halogens is 1. The molecular weight excluding hydrogens is 274 g/mol. The molecule has 3 rings (SSSR count). The molecule has 0 saturated heterocycles. The molecule has 0 bridgehead atoms. The largest absolute Gasteiger partial charge is 0.474 e. The van der Waals surface area contributed by atoms with Crippen molar-refractivity contribution in [1.82, 2.24) is 15.2 Å². The van der Waals surface area contributed by atoms with E-state index in [1.165, 1.54) is 0 Å². The summed E-state index contributed by atoms with van der Waals surface area (Å²) in [5.74, 6) is 1.09. The van der Waals surface area contributed by atoms with Crippen molar-refractivity contribution in [2.75, 3.05) is 0 Å². The summed E-state index contributed by atoms with van der Waals surface area (Å²) < 4.78 is 10.8.